The molecule has 0 bridgehead atoms. The zero-order chi connectivity index (χ0) is 23.5. The number of aromatic nitrogens is 3. The van der Waals surface area contributed by atoms with Crippen LogP contribution in [0.3, 0.4) is 0 Å². The second-order valence-electron chi connectivity index (χ2n) is 9.39. The van der Waals surface area contributed by atoms with Crippen LogP contribution in [-0.4, -0.2) is 58.9 Å². The molecule has 0 radical (unpaired) electrons. The van der Waals surface area contributed by atoms with Crippen molar-refractivity contribution in [3.05, 3.63) is 72.6 Å². The fraction of sp³-hybridized carbons (Fsp3) is 0.370. The first-order chi connectivity index (χ1) is 17.3. The molecule has 8 heteroatoms. The standard InChI is InChI=1S/C27H30N6O2/c1-2-8-24-23(7-1)27(31-35-24)33-15-14-32-17-20(11-12-22(32)18-33)19-34-26-10-5-6-21(30-26)16-29-25-9-3-4-13-28-25/h1-10,13,20,22H,11-12,14-19H2,(H,28,29)/t20-,22+/m1/s1. The van der Waals surface area contributed by atoms with Gasteiger partial charge in [-0.3, -0.25) is 4.90 Å². The van der Waals surface area contributed by atoms with Gasteiger partial charge in [0, 0.05) is 50.4 Å². The van der Waals surface area contributed by atoms with Gasteiger partial charge in [0.05, 0.1) is 24.2 Å². The van der Waals surface area contributed by atoms with Gasteiger partial charge in [0.15, 0.2) is 11.4 Å². The lowest BCUT2D eigenvalue weighted by atomic mass is 9.91. The number of ether oxygens (including phenoxy) is 1. The van der Waals surface area contributed by atoms with Gasteiger partial charge in [-0.15, -0.1) is 0 Å². The average molecular weight is 471 g/mol. The molecule has 2 fully saturated rings. The van der Waals surface area contributed by atoms with Crippen LogP contribution in [0.2, 0.25) is 0 Å². The predicted octanol–water partition coefficient (Wildman–Crippen LogP) is 4.21. The van der Waals surface area contributed by atoms with E-state index in [1.165, 1.54) is 6.42 Å². The molecular formula is C27H30N6O2. The first-order valence-electron chi connectivity index (χ1n) is 12.4. The summed E-state index contributed by atoms with van der Waals surface area (Å²) in [5.41, 5.74) is 1.80. The van der Waals surface area contributed by atoms with Crippen molar-refractivity contribution in [3.8, 4) is 5.88 Å². The molecule has 180 valence electrons. The lowest BCUT2D eigenvalue weighted by Gasteiger charge is -2.46. The number of rotatable bonds is 7. The minimum Gasteiger partial charge on any atom is -0.477 e. The Morgan fingerprint density at radius 1 is 0.971 bits per heavy atom. The molecule has 2 atom stereocenters. The summed E-state index contributed by atoms with van der Waals surface area (Å²) in [5, 5.41) is 8.77. The van der Waals surface area contributed by atoms with Crippen molar-refractivity contribution >= 4 is 22.6 Å². The van der Waals surface area contributed by atoms with Crippen molar-refractivity contribution in [1.82, 2.24) is 20.0 Å². The Labute approximate surface area is 204 Å². The lowest BCUT2D eigenvalue weighted by molar-refractivity contribution is 0.0716. The number of benzene rings is 1. The largest absolute Gasteiger partial charge is 0.477 e. The molecule has 5 heterocycles. The fourth-order valence-corrected chi connectivity index (χ4v) is 5.18. The highest BCUT2D eigenvalue weighted by Gasteiger charge is 2.34. The summed E-state index contributed by atoms with van der Waals surface area (Å²) in [6.45, 7) is 5.38. The van der Waals surface area contributed by atoms with Crippen molar-refractivity contribution < 1.29 is 9.26 Å². The van der Waals surface area contributed by atoms with Crippen molar-refractivity contribution in [2.45, 2.75) is 25.4 Å². The summed E-state index contributed by atoms with van der Waals surface area (Å²) in [6.07, 6.45) is 4.11. The van der Waals surface area contributed by atoms with Gasteiger partial charge in [-0.05, 0) is 43.2 Å². The zero-order valence-electron chi connectivity index (χ0n) is 19.7. The molecule has 0 unspecified atom stereocenters. The Morgan fingerprint density at radius 3 is 2.86 bits per heavy atom. The molecule has 0 saturated carbocycles. The van der Waals surface area contributed by atoms with Crippen molar-refractivity contribution in [3.63, 3.8) is 0 Å². The SMILES string of the molecule is c1ccc(NCc2cccc(OC[C@@H]3CC[C@H]4CN(c5noc6ccccc56)CCN4C3)n2)nc1. The third-order valence-electron chi connectivity index (χ3n) is 7.03. The number of piperidine rings is 1. The quantitative estimate of drug-likeness (QED) is 0.430. The highest BCUT2D eigenvalue weighted by molar-refractivity contribution is 5.88. The maximum Gasteiger partial charge on any atom is 0.213 e. The molecular weight excluding hydrogens is 440 g/mol. The summed E-state index contributed by atoms with van der Waals surface area (Å²) < 4.78 is 11.7. The highest BCUT2D eigenvalue weighted by atomic mass is 16.5. The second-order valence-corrected chi connectivity index (χ2v) is 9.39. The number of fused-ring (bicyclic) bond motifs is 2. The van der Waals surface area contributed by atoms with E-state index < -0.39 is 0 Å². The van der Waals surface area contributed by atoms with Crippen LogP contribution in [0.1, 0.15) is 18.5 Å². The van der Waals surface area contributed by atoms with Crippen LogP contribution in [0, 0.1) is 5.92 Å². The molecule has 3 aromatic heterocycles. The minimum absolute atomic E-state index is 0.516. The van der Waals surface area contributed by atoms with Gasteiger partial charge in [-0.1, -0.05) is 29.4 Å². The van der Waals surface area contributed by atoms with Crippen LogP contribution in [0.15, 0.2) is 71.4 Å². The van der Waals surface area contributed by atoms with Crippen molar-refractivity contribution in [2.24, 2.45) is 5.92 Å². The molecule has 2 aliphatic heterocycles. The predicted molar refractivity (Wildman–Crippen MR) is 136 cm³/mol. The normalized spacial score (nSPS) is 20.5. The maximum atomic E-state index is 6.13. The molecule has 2 saturated heterocycles. The Kier molecular flexibility index (Phi) is 6.19. The molecule has 35 heavy (non-hydrogen) atoms. The molecule has 8 nitrogen and oxygen atoms in total. The first kappa shape index (κ1) is 21.9. The number of anilines is 2. The van der Waals surface area contributed by atoms with Gasteiger partial charge >= 0.3 is 0 Å². The minimum atomic E-state index is 0.516. The third kappa shape index (κ3) is 4.93. The van der Waals surface area contributed by atoms with Gasteiger partial charge in [-0.25, -0.2) is 9.97 Å². The van der Waals surface area contributed by atoms with E-state index in [2.05, 4.69) is 36.3 Å². The highest BCUT2D eigenvalue weighted by Crippen LogP contribution is 2.31. The number of hydrogen-bond donors (Lipinski definition) is 1. The summed E-state index contributed by atoms with van der Waals surface area (Å²) in [6, 6.07) is 20.4. The number of hydrogen-bond acceptors (Lipinski definition) is 8. The Bertz CT molecular complexity index is 1260. The molecule has 1 aromatic carbocycles. The molecule has 4 aromatic rings. The van der Waals surface area contributed by atoms with Gasteiger partial charge in [-0.2, -0.15) is 0 Å². The molecule has 6 rings (SSSR count). The van der Waals surface area contributed by atoms with Crippen LogP contribution >= 0.6 is 0 Å². The zero-order valence-corrected chi connectivity index (χ0v) is 19.7. The monoisotopic (exact) mass is 470 g/mol. The summed E-state index contributed by atoms with van der Waals surface area (Å²) in [5.74, 6) is 3.03. The topological polar surface area (TPSA) is 79.5 Å². The first-order valence-corrected chi connectivity index (χ1v) is 12.4. The van der Waals surface area contributed by atoms with Gasteiger partial charge < -0.3 is 19.5 Å². The molecule has 0 aliphatic carbocycles. The number of piperazine rings is 1. The van der Waals surface area contributed by atoms with Gasteiger partial charge in [0.2, 0.25) is 5.88 Å². The number of nitrogens with one attached hydrogen (secondary N) is 1. The average Bonchev–Trinajstić information content (AvgIpc) is 3.35. The van der Waals surface area contributed by atoms with Crippen LogP contribution < -0.4 is 15.0 Å². The van der Waals surface area contributed by atoms with Crippen molar-refractivity contribution in [1.29, 1.82) is 0 Å². The smallest absolute Gasteiger partial charge is 0.213 e. The third-order valence-corrected chi connectivity index (χ3v) is 7.03. The maximum absolute atomic E-state index is 6.13. The van der Waals surface area contributed by atoms with E-state index in [9.17, 15) is 0 Å². The molecule has 2 aliphatic rings. The Morgan fingerprint density at radius 2 is 1.91 bits per heavy atom. The number of nitrogens with zero attached hydrogens (tertiary/aromatic N) is 5. The van der Waals surface area contributed by atoms with Crippen LogP contribution in [0.5, 0.6) is 5.88 Å². The van der Waals surface area contributed by atoms with Crippen LogP contribution in [-0.2, 0) is 6.54 Å². The number of para-hydroxylation sites is 1. The van der Waals surface area contributed by atoms with Crippen LogP contribution in [0.25, 0.3) is 11.0 Å². The van der Waals surface area contributed by atoms with E-state index in [0.717, 1.165) is 60.9 Å². The molecule has 0 amide bonds. The van der Waals surface area contributed by atoms with E-state index in [-0.39, 0.29) is 0 Å². The van der Waals surface area contributed by atoms with Crippen molar-refractivity contribution in [2.75, 3.05) is 43.0 Å². The van der Waals surface area contributed by atoms with E-state index in [1.54, 1.807) is 6.20 Å². The molecule has 0 spiro atoms. The Hall–Kier alpha value is -3.65. The lowest BCUT2D eigenvalue weighted by Crippen LogP contribution is -2.57. The number of pyridine rings is 2. The van der Waals surface area contributed by atoms with Crippen LogP contribution in [0.4, 0.5) is 11.6 Å². The summed E-state index contributed by atoms with van der Waals surface area (Å²) in [4.78, 5) is 14.0. The summed E-state index contributed by atoms with van der Waals surface area (Å²) >= 11 is 0. The van der Waals surface area contributed by atoms with E-state index in [0.29, 0.717) is 31.0 Å². The van der Waals surface area contributed by atoms with E-state index in [4.69, 9.17) is 9.26 Å². The van der Waals surface area contributed by atoms with E-state index >= 15 is 0 Å². The van der Waals surface area contributed by atoms with E-state index in [1.807, 2.05) is 54.6 Å². The Balaban J connectivity index is 1.01. The fourth-order valence-electron chi connectivity index (χ4n) is 5.18. The summed E-state index contributed by atoms with van der Waals surface area (Å²) in [7, 11) is 0. The molecule has 1 N–H and O–H groups in total. The van der Waals surface area contributed by atoms with Gasteiger partial charge in [0.1, 0.15) is 5.82 Å². The second kappa shape index (κ2) is 9.92. The van der Waals surface area contributed by atoms with Gasteiger partial charge in [0.25, 0.3) is 0 Å².